The highest BCUT2D eigenvalue weighted by molar-refractivity contribution is 7.92. The average Bonchev–Trinajstić information content (AvgIpc) is 3.58. The molecule has 2 aromatic rings. The number of anilines is 1. The molecule has 1 aliphatic heterocycles. The van der Waals surface area contributed by atoms with Gasteiger partial charge in [-0.3, -0.25) is 9.59 Å². The zero-order valence-corrected chi connectivity index (χ0v) is 20.4. The quantitative estimate of drug-likeness (QED) is 0.510. The third kappa shape index (κ3) is 5.56. The van der Waals surface area contributed by atoms with Crippen LogP contribution in [0.25, 0.3) is 0 Å². The van der Waals surface area contributed by atoms with E-state index in [0.29, 0.717) is 32.5 Å². The Bertz CT molecular complexity index is 1210. The third-order valence-corrected chi connectivity index (χ3v) is 9.11. The zero-order chi connectivity index (χ0) is 24.3. The number of ether oxygens (including phenoxy) is 2. The van der Waals surface area contributed by atoms with Gasteiger partial charge in [0.1, 0.15) is 10.9 Å². The van der Waals surface area contributed by atoms with Gasteiger partial charge in [-0.2, -0.15) is 0 Å². The fourth-order valence-corrected chi connectivity index (χ4v) is 6.31. The molecule has 2 aromatic heterocycles. The van der Waals surface area contributed by atoms with E-state index in [1.54, 1.807) is 6.92 Å². The third-order valence-electron chi connectivity index (χ3n) is 5.96. The van der Waals surface area contributed by atoms with Crippen molar-refractivity contribution in [3.63, 3.8) is 0 Å². The first-order valence-electron chi connectivity index (χ1n) is 11.3. The summed E-state index contributed by atoms with van der Waals surface area (Å²) >= 11 is 0.984. The minimum absolute atomic E-state index is 0.0134. The molecule has 2 fully saturated rings. The van der Waals surface area contributed by atoms with Gasteiger partial charge in [0.2, 0.25) is 5.91 Å². The molecule has 1 saturated carbocycles. The second-order valence-corrected chi connectivity index (χ2v) is 11.7. The number of sulfone groups is 1. The first-order chi connectivity index (χ1) is 16.3. The number of thiazole rings is 1. The summed E-state index contributed by atoms with van der Waals surface area (Å²) in [6.07, 6.45) is 5.82. The smallest absolute Gasteiger partial charge is 0.350 e. The average molecular weight is 510 g/mol. The monoisotopic (exact) mass is 509 g/mol. The highest BCUT2D eigenvalue weighted by Gasteiger charge is 2.37. The standard InChI is InChI=1S/C22H27N3O7S2/c1-2-32-21(28)18-13-23-22(33-18)24-20(27)17(11-14-6-9-31-10-7-14)25-8-5-16(12-19(25)26)34(29,30)15-3-4-15/h5,8,12-15,17H,2-4,6-7,9-11H2,1H3,(H,23,24,27). The van der Waals surface area contributed by atoms with E-state index in [9.17, 15) is 22.8 Å². The number of carbonyl (C=O) groups is 2. The minimum atomic E-state index is -3.52. The largest absolute Gasteiger partial charge is 0.462 e. The van der Waals surface area contributed by atoms with Gasteiger partial charge in [-0.15, -0.1) is 0 Å². The molecule has 34 heavy (non-hydrogen) atoms. The van der Waals surface area contributed by atoms with Crippen LogP contribution in [0.4, 0.5) is 5.13 Å². The lowest BCUT2D eigenvalue weighted by molar-refractivity contribution is -0.120. The van der Waals surface area contributed by atoms with E-state index in [4.69, 9.17) is 9.47 Å². The van der Waals surface area contributed by atoms with Crippen LogP contribution in [0.5, 0.6) is 0 Å². The predicted octanol–water partition coefficient (Wildman–Crippen LogP) is 2.41. The Kier molecular flexibility index (Phi) is 7.48. The molecule has 184 valence electrons. The number of aromatic nitrogens is 2. The summed E-state index contributed by atoms with van der Waals surface area (Å²) in [5, 5.41) is 2.48. The number of hydrogen-bond acceptors (Lipinski definition) is 9. The molecule has 1 unspecified atom stereocenters. The summed E-state index contributed by atoms with van der Waals surface area (Å²) in [4.78, 5) is 42.4. The van der Waals surface area contributed by atoms with Gasteiger partial charge in [0.15, 0.2) is 15.0 Å². The Balaban J connectivity index is 1.58. The summed E-state index contributed by atoms with van der Waals surface area (Å²) in [6.45, 7) is 3.09. The van der Waals surface area contributed by atoms with E-state index >= 15 is 0 Å². The number of esters is 1. The molecule has 1 saturated heterocycles. The number of nitrogens with zero attached hydrogens (tertiary/aromatic N) is 2. The number of pyridine rings is 1. The molecule has 0 aromatic carbocycles. The van der Waals surface area contributed by atoms with Crippen molar-refractivity contribution in [2.24, 2.45) is 5.92 Å². The van der Waals surface area contributed by atoms with Gasteiger partial charge < -0.3 is 19.4 Å². The maximum atomic E-state index is 13.3. The molecule has 10 nitrogen and oxygen atoms in total. The summed E-state index contributed by atoms with van der Waals surface area (Å²) in [7, 11) is -3.52. The lowest BCUT2D eigenvalue weighted by Gasteiger charge is -2.27. The highest BCUT2D eigenvalue weighted by Crippen LogP contribution is 2.33. The first kappa shape index (κ1) is 24.6. The molecule has 1 aliphatic carbocycles. The van der Waals surface area contributed by atoms with E-state index in [1.165, 1.54) is 23.0 Å². The highest BCUT2D eigenvalue weighted by atomic mass is 32.2. The van der Waals surface area contributed by atoms with Gasteiger partial charge >= 0.3 is 5.97 Å². The van der Waals surface area contributed by atoms with Crippen LogP contribution < -0.4 is 10.9 Å². The predicted molar refractivity (Wildman–Crippen MR) is 125 cm³/mol. The maximum Gasteiger partial charge on any atom is 0.350 e. The summed E-state index contributed by atoms with van der Waals surface area (Å²) < 4.78 is 36.7. The zero-order valence-electron chi connectivity index (χ0n) is 18.8. The van der Waals surface area contributed by atoms with Crippen LogP contribution in [0.15, 0.2) is 34.2 Å². The van der Waals surface area contributed by atoms with Crippen molar-refractivity contribution in [3.8, 4) is 0 Å². The summed E-state index contributed by atoms with van der Waals surface area (Å²) in [5.41, 5.74) is -0.555. The topological polar surface area (TPSA) is 134 Å². The lowest BCUT2D eigenvalue weighted by Crippen LogP contribution is -2.35. The normalized spacial score (nSPS) is 17.8. The van der Waals surface area contributed by atoms with Crippen molar-refractivity contribution in [2.45, 2.75) is 55.2 Å². The van der Waals surface area contributed by atoms with Crippen molar-refractivity contribution >= 4 is 38.2 Å². The van der Waals surface area contributed by atoms with Crippen molar-refractivity contribution in [2.75, 3.05) is 25.1 Å². The van der Waals surface area contributed by atoms with Gasteiger partial charge in [-0.05, 0) is 51.0 Å². The Morgan fingerprint density at radius 3 is 2.68 bits per heavy atom. The Morgan fingerprint density at radius 2 is 2.03 bits per heavy atom. The van der Waals surface area contributed by atoms with Crippen LogP contribution in [0.2, 0.25) is 0 Å². The SMILES string of the molecule is CCOC(=O)c1cnc(NC(=O)C(CC2CCOCC2)n2ccc(S(=O)(=O)C3CC3)cc2=O)s1. The van der Waals surface area contributed by atoms with Crippen LogP contribution >= 0.6 is 11.3 Å². The fraction of sp³-hybridized carbons (Fsp3) is 0.545. The van der Waals surface area contributed by atoms with Crippen molar-refractivity contribution in [1.82, 2.24) is 9.55 Å². The van der Waals surface area contributed by atoms with E-state index < -0.39 is 38.6 Å². The number of amides is 1. The molecule has 12 heteroatoms. The number of rotatable bonds is 9. The van der Waals surface area contributed by atoms with Crippen molar-refractivity contribution < 1.29 is 27.5 Å². The Labute approximate surface area is 201 Å². The molecular weight excluding hydrogens is 482 g/mol. The molecule has 0 radical (unpaired) electrons. The molecule has 0 bridgehead atoms. The number of nitrogens with one attached hydrogen (secondary N) is 1. The van der Waals surface area contributed by atoms with Crippen LogP contribution in [-0.2, 0) is 24.1 Å². The molecule has 0 spiro atoms. The Morgan fingerprint density at radius 1 is 1.29 bits per heavy atom. The fourth-order valence-electron chi connectivity index (χ4n) is 3.94. The van der Waals surface area contributed by atoms with E-state index in [1.807, 2.05) is 0 Å². The lowest BCUT2D eigenvalue weighted by atomic mass is 9.92. The van der Waals surface area contributed by atoms with Crippen LogP contribution in [-0.4, -0.2) is 54.9 Å². The van der Waals surface area contributed by atoms with Crippen molar-refractivity contribution in [1.29, 1.82) is 0 Å². The van der Waals surface area contributed by atoms with E-state index in [0.717, 1.165) is 30.2 Å². The Hall–Kier alpha value is -2.57. The van der Waals surface area contributed by atoms with Gasteiger partial charge in [0, 0.05) is 25.5 Å². The number of hydrogen-bond donors (Lipinski definition) is 1. The molecule has 1 atom stereocenters. The molecule has 2 aliphatic rings. The van der Waals surface area contributed by atoms with E-state index in [-0.39, 0.29) is 27.4 Å². The summed E-state index contributed by atoms with van der Waals surface area (Å²) in [5.74, 6) is -0.822. The number of carbonyl (C=O) groups excluding carboxylic acids is 2. The second-order valence-electron chi connectivity index (χ2n) is 8.40. The van der Waals surface area contributed by atoms with Gasteiger partial charge in [-0.1, -0.05) is 11.3 Å². The van der Waals surface area contributed by atoms with Crippen LogP contribution in [0.1, 0.15) is 54.7 Å². The maximum absolute atomic E-state index is 13.3. The van der Waals surface area contributed by atoms with Gasteiger partial charge in [0.05, 0.1) is 22.9 Å². The van der Waals surface area contributed by atoms with Crippen LogP contribution in [0.3, 0.4) is 0 Å². The van der Waals surface area contributed by atoms with Crippen molar-refractivity contribution in [3.05, 3.63) is 39.8 Å². The minimum Gasteiger partial charge on any atom is -0.462 e. The first-order valence-corrected chi connectivity index (χ1v) is 13.6. The molecular formula is C22H27N3O7S2. The second kappa shape index (κ2) is 10.4. The molecule has 1 amide bonds. The van der Waals surface area contributed by atoms with Gasteiger partial charge in [0.25, 0.3) is 5.56 Å². The molecule has 4 rings (SSSR count). The van der Waals surface area contributed by atoms with Gasteiger partial charge in [-0.25, -0.2) is 18.2 Å². The molecule has 3 heterocycles. The molecule has 1 N–H and O–H groups in total. The van der Waals surface area contributed by atoms with E-state index in [2.05, 4.69) is 10.3 Å². The summed E-state index contributed by atoms with van der Waals surface area (Å²) in [6, 6.07) is 1.62. The van der Waals surface area contributed by atoms with Crippen LogP contribution in [0, 0.1) is 5.92 Å².